The number of aromatic nitrogens is 1. The van der Waals surface area contributed by atoms with Crippen molar-refractivity contribution in [3.8, 4) is 0 Å². The van der Waals surface area contributed by atoms with E-state index >= 15 is 0 Å². The van der Waals surface area contributed by atoms with Crippen LogP contribution in [0.3, 0.4) is 0 Å². The topological polar surface area (TPSA) is 12.9 Å². The van der Waals surface area contributed by atoms with Crippen LogP contribution in [0.2, 0.25) is 0 Å². The number of hydrogen-bond acceptors (Lipinski definition) is 1. The summed E-state index contributed by atoms with van der Waals surface area (Å²) in [5.41, 5.74) is 3.27. The molecule has 0 aliphatic rings. The van der Waals surface area contributed by atoms with Gasteiger partial charge < -0.3 is 0 Å². The molecule has 1 atom stereocenters. The smallest absolute Gasteiger partial charge is 0.0578 e. The van der Waals surface area contributed by atoms with Gasteiger partial charge in [-0.1, -0.05) is 33.5 Å². The molecular formula is C16H13IrNP-. The van der Waals surface area contributed by atoms with E-state index in [0.717, 1.165) is 17.5 Å². The monoisotopic (exact) mass is 443 g/mol. The number of rotatable bonds is 2. The zero-order chi connectivity index (χ0) is 12.4. The second-order valence-corrected chi connectivity index (χ2v) is 4.87. The first-order valence-corrected chi connectivity index (χ1v) is 6.50. The second kappa shape index (κ2) is 6.39. The SMILES string of the molecule is Pc1cc2ccccc2c(Cc2[c-]cccc2)n1.[Ir]. The van der Waals surface area contributed by atoms with Gasteiger partial charge in [-0.05, 0) is 17.9 Å². The van der Waals surface area contributed by atoms with Crippen LogP contribution in [-0.4, -0.2) is 4.98 Å². The summed E-state index contributed by atoms with van der Waals surface area (Å²) >= 11 is 0. The number of hydrogen-bond donors (Lipinski definition) is 0. The Morgan fingerprint density at radius 1 is 1.05 bits per heavy atom. The molecule has 19 heavy (non-hydrogen) atoms. The van der Waals surface area contributed by atoms with Gasteiger partial charge in [0.05, 0.1) is 11.1 Å². The van der Waals surface area contributed by atoms with Crippen molar-refractivity contribution < 1.29 is 20.1 Å². The molecule has 2 aromatic carbocycles. The molecule has 1 aromatic heterocycles. The zero-order valence-corrected chi connectivity index (χ0v) is 13.8. The van der Waals surface area contributed by atoms with Crippen LogP contribution >= 0.6 is 9.24 Å². The molecule has 3 rings (SSSR count). The Kier molecular flexibility index (Phi) is 4.82. The predicted octanol–water partition coefficient (Wildman–Crippen LogP) is 3.12. The molecule has 3 aromatic rings. The summed E-state index contributed by atoms with van der Waals surface area (Å²) < 4.78 is 0. The molecular weight excluding hydrogens is 429 g/mol. The van der Waals surface area contributed by atoms with Crippen molar-refractivity contribution in [2.24, 2.45) is 0 Å². The van der Waals surface area contributed by atoms with Crippen LogP contribution < -0.4 is 5.44 Å². The van der Waals surface area contributed by atoms with E-state index in [1.165, 1.54) is 16.3 Å². The molecule has 1 radical (unpaired) electrons. The summed E-state index contributed by atoms with van der Waals surface area (Å²) in [6, 6.07) is 21.8. The third kappa shape index (κ3) is 3.28. The average molecular weight is 442 g/mol. The van der Waals surface area contributed by atoms with Gasteiger partial charge in [-0.15, -0.1) is 0 Å². The standard InChI is InChI=1S/C16H13NP.Ir/c18-16-11-13-8-4-5-9-14(13)15(17-16)10-12-6-2-1-3-7-12;/h1-6,8-9,11H,10,18H2;/q-1;. The Bertz CT molecular complexity index is 683. The fourth-order valence-corrected chi connectivity index (χ4v) is 2.48. The average Bonchev–Trinajstić information content (AvgIpc) is 2.40. The summed E-state index contributed by atoms with van der Waals surface area (Å²) in [7, 11) is 2.68. The molecule has 1 heterocycles. The first kappa shape index (κ1) is 14.3. The van der Waals surface area contributed by atoms with Crippen LogP contribution in [-0.2, 0) is 26.5 Å². The van der Waals surface area contributed by atoms with E-state index < -0.39 is 0 Å². The van der Waals surface area contributed by atoms with Gasteiger partial charge in [0.1, 0.15) is 0 Å². The molecule has 3 heteroatoms. The minimum absolute atomic E-state index is 0. The van der Waals surface area contributed by atoms with E-state index in [2.05, 4.69) is 56.7 Å². The maximum absolute atomic E-state index is 4.64. The van der Waals surface area contributed by atoms with Crippen molar-refractivity contribution in [2.45, 2.75) is 6.42 Å². The van der Waals surface area contributed by atoms with E-state index in [9.17, 15) is 0 Å². The maximum atomic E-state index is 4.64. The van der Waals surface area contributed by atoms with Crippen LogP contribution in [0.5, 0.6) is 0 Å². The van der Waals surface area contributed by atoms with E-state index in [4.69, 9.17) is 0 Å². The Morgan fingerprint density at radius 2 is 1.84 bits per heavy atom. The van der Waals surface area contributed by atoms with Crippen LogP contribution in [0.25, 0.3) is 10.8 Å². The number of fused-ring (bicyclic) bond motifs is 1. The van der Waals surface area contributed by atoms with Gasteiger partial charge in [0.2, 0.25) is 0 Å². The minimum Gasteiger partial charge on any atom is -0.253 e. The molecule has 0 aliphatic heterocycles. The molecule has 0 N–H and O–H groups in total. The van der Waals surface area contributed by atoms with Gasteiger partial charge in [-0.25, -0.2) is 0 Å². The fraction of sp³-hybridized carbons (Fsp3) is 0.0625. The van der Waals surface area contributed by atoms with Crippen molar-refractivity contribution >= 4 is 25.4 Å². The first-order chi connectivity index (χ1) is 8.83. The molecule has 97 valence electrons. The molecule has 0 bridgehead atoms. The minimum atomic E-state index is 0. The summed E-state index contributed by atoms with van der Waals surface area (Å²) in [6.45, 7) is 0. The van der Waals surface area contributed by atoms with Crippen molar-refractivity contribution in [2.75, 3.05) is 0 Å². The molecule has 0 amide bonds. The molecule has 1 unspecified atom stereocenters. The predicted molar refractivity (Wildman–Crippen MR) is 79.2 cm³/mol. The Labute approximate surface area is 129 Å². The number of nitrogens with zero attached hydrogens (tertiary/aromatic N) is 1. The van der Waals surface area contributed by atoms with Gasteiger partial charge >= 0.3 is 0 Å². The van der Waals surface area contributed by atoms with Gasteiger partial charge in [-0.3, -0.25) is 4.98 Å². The molecule has 0 spiro atoms. The van der Waals surface area contributed by atoms with Gasteiger partial charge in [-0.2, -0.15) is 35.9 Å². The zero-order valence-electron chi connectivity index (χ0n) is 10.3. The normalized spacial score (nSPS) is 10.2. The molecule has 0 aliphatic carbocycles. The summed E-state index contributed by atoms with van der Waals surface area (Å²) in [6.07, 6.45) is 0.823. The largest absolute Gasteiger partial charge is 0.253 e. The van der Waals surface area contributed by atoms with Crippen molar-refractivity contribution in [1.29, 1.82) is 0 Å². The number of pyridine rings is 1. The van der Waals surface area contributed by atoms with Crippen LogP contribution in [0, 0.1) is 6.07 Å². The van der Waals surface area contributed by atoms with Gasteiger partial charge in [0.15, 0.2) is 0 Å². The van der Waals surface area contributed by atoms with Crippen molar-refractivity contribution in [1.82, 2.24) is 4.98 Å². The summed E-state index contributed by atoms with van der Waals surface area (Å²) in [5.74, 6) is 0. The molecule has 1 nitrogen and oxygen atoms in total. The summed E-state index contributed by atoms with van der Waals surface area (Å²) in [5, 5.41) is 2.46. The van der Waals surface area contributed by atoms with Crippen LogP contribution in [0.4, 0.5) is 0 Å². The third-order valence-electron chi connectivity index (χ3n) is 2.97. The molecule has 0 fully saturated rings. The molecule has 0 saturated carbocycles. The first-order valence-electron chi connectivity index (χ1n) is 5.93. The Balaban J connectivity index is 0.00000133. The Morgan fingerprint density at radius 3 is 2.63 bits per heavy atom. The molecule has 0 saturated heterocycles. The number of benzene rings is 2. The second-order valence-electron chi connectivity index (χ2n) is 4.28. The van der Waals surface area contributed by atoms with Crippen LogP contribution in [0.15, 0.2) is 54.6 Å². The fourth-order valence-electron chi connectivity index (χ4n) is 2.15. The van der Waals surface area contributed by atoms with Crippen LogP contribution in [0.1, 0.15) is 11.3 Å². The van der Waals surface area contributed by atoms with E-state index in [-0.39, 0.29) is 20.1 Å². The van der Waals surface area contributed by atoms with Crippen molar-refractivity contribution in [3.63, 3.8) is 0 Å². The van der Waals surface area contributed by atoms with E-state index in [0.29, 0.717) is 0 Å². The quantitative estimate of drug-likeness (QED) is 0.439. The van der Waals surface area contributed by atoms with E-state index in [1.54, 1.807) is 0 Å². The summed E-state index contributed by atoms with van der Waals surface area (Å²) in [4.78, 5) is 4.64. The van der Waals surface area contributed by atoms with Gasteiger partial charge in [0.25, 0.3) is 0 Å². The van der Waals surface area contributed by atoms with E-state index in [1.807, 2.05) is 18.2 Å². The maximum Gasteiger partial charge on any atom is 0.0578 e. The van der Waals surface area contributed by atoms with Crippen molar-refractivity contribution in [3.05, 3.63) is 71.9 Å². The Hall–Kier alpha value is -1.07. The van der Waals surface area contributed by atoms with Gasteiger partial charge in [0, 0.05) is 25.5 Å². The third-order valence-corrected chi connectivity index (χ3v) is 3.27.